The lowest BCUT2D eigenvalue weighted by Gasteiger charge is -2.21. The second-order valence-electron chi connectivity index (χ2n) is 6.93. The quantitative estimate of drug-likeness (QED) is 0.813. The Labute approximate surface area is 123 Å². The molecule has 3 nitrogen and oxygen atoms in total. The van der Waals surface area contributed by atoms with E-state index in [1.54, 1.807) is 0 Å². The minimum atomic E-state index is 0.640. The van der Waals surface area contributed by atoms with Gasteiger partial charge in [-0.3, -0.25) is 4.68 Å². The number of hydrogen-bond acceptors (Lipinski definition) is 2. The second-order valence-corrected chi connectivity index (χ2v) is 6.93. The van der Waals surface area contributed by atoms with Crippen LogP contribution >= 0.6 is 0 Å². The number of aromatic nitrogens is 2. The molecule has 2 saturated carbocycles. The predicted molar refractivity (Wildman–Crippen MR) is 82.6 cm³/mol. The van der Waals surface area contributed by atoms with E-state index in [1.165, 1.54) is 70.0 Å². The van der Waals surface area contributed by atoms with Gasteiger partial charge in [0.05, 0.1) is 11.7 Å². The molecule has 3 heteroatoms. The first-order valence-electron chi connectivity index (χ1n) is 8.56. The highest BCUT2D eigenvalue weighted by atomic mass is 15.3. The molecule has 0 aromatic carbocycles. The average molecular weight is 275 g/mol. The van der Waals surface area contributed by atoms with E-state index in [0.717, 1.165) is 6.54 Å². The fourth-order valence-corrected chi connectivity index (χ4v) is 3.70. The summed E-state index contributed by atoms with van der Waals surface area (Å²) in [6.45, 7) is 4.41. The minimum absolute atomic E-state index is 0.640. The highest BCUT2D eigenvalue weighted by molar-refractivity contribution is 5.01. The summed E-state index contributed by atoms with van der Waals surface area (Å²) in [5.74, 6) is 0. The maximum absolute atomic E-state index is 4.77. The summed E-state index contributed by atoms with van der Waals surface area (Å²) in [5.41, 5.74) is 1.85. The maximum Gasteiger partial charge on any atom is 0.0762 e. The molecule has 0 aliphatic heterocycles. The van der Waals surface area contributed by atoms with Crippen molar-refractivity contribution in [3.05, 3.63) is 18.0 Å². The SMILES string of the molecule is CCCC1(CNCc2ccn(C3CCCCC3)n2)CC1. The van der Waals surface area contributed by atoms with Crippen molar-refractivity contribution < 1.29 is 0 Å². The van der Waals surface area contributed by atoms with Crippen LogP contribution in [-0.2, 0) is 6.54 Å². The first-order chi connectivity index (χ1) is 9.81. The van der Waals surface area contributed by atoms with Crippen LogP contribution in [0.1, 0.15) is 76.4 Å². The third-order valence-corrected chi connectivity index (χ3v) is 5.16. The van der Waals surface area contributed by atoms with Crippen molar-refractivity contribution >= 4 is 0 Å². The number of nitrogens with zero attached hydrogens (tertiary/aromatic N) is 2. The van der Waals surface area contributed by atoms with E-state index in [2.05, 4.69) is 29.2 Å². The zero-order valence-corrected chi connectivity index (χ0v) is 12.9. The number of hydrogen-bond donors (Lipinski definition) is 1. The molecule has 1 heterocycles. The molecule has 2 aliphatic carbocycles. The van der Waals surface area contributed by atoms with E-state index in [9.17, 15) is 0 Å². The first-order valence-corrected chi connectivity index (χ1v) is 8.56. The zero-order valence-electron chi connectivity index (χ0n) is 12.9. The summed E-state index contributed by atoms with van der Waals surface area (Å²) in [5, 5.41) is 8.40. The Morgan fingerprint density at radius 1 is 1.30 bits per heavy atom. The first kappa shape index (κ1) is 14.1. The molecule has 2 aliphatic rings. The minimum Gasteiger partial charge on any atom is -0.311 e. The van der Waals surface area contributed by atoms with Crippen molar-refractivity contribution in [2.75, 3.05) is 6.54 Å². The molecule has 1 N–H and O–H groups in total. The molecule has 0 bridgehead atoms. The molecular weight excluding hydrogens is 246 g/mol. The van der Waals surface area contributed by atoms with Crippen LogP contribution in [0, 0.1) is 5.41 Å². The van der Waals surface area contributed by atoms with Crippen molar-refractivity contribution in [3.63, 3.8) is 0 Å². The molecule has 0 unspecified atom stereocenters. The van der Waals surface area contributed by atoms with Crippen molar-refractivity contribution in [3.8, 4) is 0 Å². The van der Waals surface area contributed by atoms with Crippen molar-refractivity contribution in [1.29, 1.82) is 0 Å². The lowest BCUT2D eigenvalue weighted by atomic mass is 9.96. The molecule has 20 heavy (non-hydrogen) atoms. The standard InChI is InChI=1S/C17H29N3/c1-2-9-17(10-11-17)14-18-13-15-8-12-20(19-15)16-6-4-3-5-7-16/h8,12,16,18H,2-7,9-11,13-14H2,1H3. The average Bonchev–Trinajstić information content (AvgIpc) is 3.07. The van der Waals surface area contributed by atoms with Crippen LogP contribution in [0.15, 0.2) is 12.3 Å². The van der Waals surface area contributed by atoms with Crippen molar-refractivity contribution in [1.82, 2.24) is 15.1 Å². The largest absolute Gasteiger partial charge is 0.311 e. The van der Waals surface area contributed by atoms with Crippen LogP contribution in [0.4, 0.5) is 0 Å². The van der Waals surface area contributed by atoms with Gasteiger partial charge >= 0.3 is 0 Å². The second kappa shape index (κ2) is 6.30. The molecule has 0 amide bonds. The fourth-order valence-electron chi connectivity index (χ4n) is 3.70. The molecular formula is C17H29N3. The lowest BCUT2D eigenvalue weighted by molar-refractivity contribution is 0.327. The molecule has 1 aromatic heterocycles. The van der Waals surface area contributed by atoms with Gasteiger partial charge in [0.1, 0.15) is 0 Å². The summed E-state index contributed by atoms with van der Waals surface area (Å²) in [4.78, 5) is 0. The lowest BCUT2D eigenvalue weighted by Crippen LogP contribution is -2.24. The zero-order chi connectivity index (χ0) is 13.8. The van der Waals surface area contributed by atoms with Crippen molar-refractivity contribution in [2.24, 2.45) is 5.41 Å². The highest BCUT2D eigenvalue weighted by Gasteiger charge is 2.40. The van der Waals surface area contributed by atoms with E-state index in [-0.39, 0.29) is 0 Å². The molecule has 0 spiro atoms. The third kappa shape index (κ3) is 3.43. The van der Waals surface area contributed by atoms with Gasteiger partial charge in [0.2, 0.25) is 0 Å². The van der Waals surface area contributed by atoms with Gasteiger partial charge in [-0.15, -0.1) is 0 Å². The summed E-state index contributed by atoms with van der Waals surface area (Å²) < 4.78 is 2.22. The van der Waals surface area contributed by atoms with Gasteiger partial charge in [0, 0.05) is 19.3 Å². The van der Waals surface area contributed by atoms with Crippen LogP contribution in [0.2, 0.25) is 0 Å². The molecule has 112 valence electrons. The maximum atomic E-state index is 4.77. The Hall–Kier alpha value is -0.830. The monoisotopic (exact) mass is 275 g/mol. The third-order valence-electron chi connectivity index (χ3n) is 5.16. The van der Waals surface area contributed by atoms with E-state index in [4.69, 9.17) is 5.10 Å². The van der Waals surface area contributed by atoms with E-state index < -0.39 is 0 Å². The van der Waals surface area contributed by atoms with Gasteiger partial charge in [-0.25, -0.2) is 0 Å². The highest BCUT2D eigenvalue weighted by Crippen LogP contribution is 2.48. The molecule has 1 aromatic rings. The summed E-state index contributed by atoms with van der Waals surface area (Å²) in [7, 11) is 0. The van der Waals surface area contributed by atoms with Crippen LogP contribution in [0.5, 0.6) is 0 Å². The molecule has 2 fully saturated rings. The van der Waals surface area contributed by atoms with Crippen LogP contribution < -0.4 is 5.32 Å². The molecule has 0 radical (unpaired) electrons. The summed E-state index contributed by atoms with van der Waals surface area (Å²) in [6, 6.07) is 2.86. The number of rotatable bonds is 7. The Morgan fingerprint density at radius 2 is 2.10 bits per heavy atom. The van der Waals surface area contributed by atoms with Gasteiger partial charge in [-0.1, -0.05) is 32.6 Å². The molecule has 3 rings (SSSR count). The van der Waals surface area contributed by atoms with Crippen LogP contribution in [-0.4, -0.2) is 16.3 Å². The normalized spacial score (nSPS) is 22.1. The Morgan fingerprint density at radius 3 is 2.80 bits per heavy atom. The van der Waals surface area contributed by atoms with E-state index in [0.29, 0.717) is 11.5 Å². The Balaban J connectivity index is 1.45. The van der Waals surface area contributed by atoms with Gasteiger partial charge in [0.15, 0.2) is 0 Å². The van der Waals surface area contributed by atoms with E-state index >= 15 is 0 Å². The van der Waals surface area contributed by atoms with Crippen molar-refractivity contribution in [2.45, 2.75) is 77.3 Å². The summed E-state index contributed by atoms with van der Waals surface area (Å²) >= 11 is 0. The summed E-state index contributed by atoms with van der Waals surface area (Å²) in [6.07, 6.45) is 14.5. The predicted octanol–water partition coefficient (Wildman–Crippen LogP) is 4.06. The van der Waals surface area contributed by atoms with Gasteiger partial charge in [-0.05, 0) is 43.6 Å². The Kier molecular flexibility index (Phi) is 4.45. The van der Waals surface area contributed by atoms with Gasteiger partial charge in [-0.2, -0.15) is 5.10 Å². The van der Waals surface area contributed by atoms with Crippen LogP contribution in [0.3, 0.4) is 0 Å². The fraction of sp³-hybridized carbons (Fsp3) is 0.824. The molecule has 0 saturated heterocycles. The van der Waals surface area contributed by atoms with Gasteiger partial charge in [0.25, 0.3) is 0 Å². The van der Waals surface area contributed by atoms with Gasteiger partial charge < -0.3 is 5.32 Å². The van der Waals surface area contributed by atoms with Crippen LogP contribution in [0.25, 0.3) is 0 Å². The Bertz CT molecular complexity index is 414. The number of nitrogens with one attached hydrogen (secondary N) is 1. The molecule has 0 atom stereocenters. The van der Waals surface area contributed by atoms with E-state index in [1.807, 2.05) is 0 Å². The smallest absolute Gasteiger partial charge is 0.0762 e. The topological polar surface area (TPSA) is 29.9 Å².